The number of hydrogen-bond acceptors (Lipinski definition) is 8. The molecule has 4 heterocycles. The average molecular weight is 477 g/mol. The highest BCUT2D eigenvalue weighted by atomic mass is 16.5. The van der Waals surface area contributed by atoms with E-state index in [1.54, 1.807) is 30.1 Å². The predicted octanol–water partition coefficient (Wildman–Crippen LogP) is 1.53. The SMILES string of the molecule is Cn1c(N2CCOC(c3ccccc3N3CCN(CCO)CC3)C2)nc(-c2ccncc2)cc1=O. The summed E-state index contributed by atoms with van der Waals surface area (Å²) in [5, 5.41) is 9.25. The van der Waals surface area contributed by atoms with Crippen LogP contribution < -0.4 is 15.4 Å². The van der Waals surface area contributed by atoms with Gasteiger partial charge in [-0.05, 0) is 18.2 Å². The van der Waals surface area contributed by atoms with E-state index in [4.69, 9.17) is 9.72 Å². The van der Waals surface area contributed by atoms with Gasteiger partial charge in [-0.1, -0.05) is 18.2 Å². The number of β-amino-alcohol motifs (C(OH)–C–C–N with tert-alkyl or cyclic N) is 1. The van der Waals surface area contributed by atoms with Crippen molar-refractivity contribution < 1.29 is 9.84 Å². The molecule has 184 valence electrons. The molecule has 0 aliphatic carbocycles. The Labute approximate surface area is 205 Å². The number of rotatable bonds is 6. The van der Waals surface area contributed by atoms with Crippen LogP contribution in [0.15, 0.2) is 59.7 Å². The normalized spacial score (nSPS) is 19.2. The lowest BCUT2D eigenvalue weighted by atomic mass is 10.0. The maximum Gasteiger partial charge on any atom is 0.255 e. The van der Waals surface area contributed by atoms with Crippen LogP contribution in [0.4, 0.5) is 11.6 Å². The molecule has 2 saturated heterocycles. The molecule has 2 aliphatic rings. The summed E-state index contributed by atoms with van der Waals surface area (Å²) in [6, 6.07) is 13.7. The van der Waals surface area contributed by atoms with E-state index in [0.717, 1.165) is 43.9 Å². The number of hydrogen-bond donors (Lipinski definition) is 1. The minimum absolute atomic E-state index is 0.0917. The molecule has 9 heteroatoms. The molecule has 0 bridgehead atoms. The van der Waals surface area contributed by atoms with Crippen LogP contribution >= 0.6 is 0 Å². The topological polar surface area (TPSA) is 87.0 Å². The van der Waals surface area contributed by atoms with Crippen molar-refractivity contribution in [3.8, 4) is 11.3 Å². The molecule has 0 amide bonds. The summed E-state index contributed by atoms with van der Waals surface area (Å²) in [6.45, 7) is 6.44. The summed E-state index contributed by atoms with van der Waals surface area (Å²) in [6.07, 6.45) is 3.29. The Balaban J connectivity index is 1.39. The fraction of sp³-hybridized carbons (Fsp3) is 0.423. The molecule has 1 unspecified atom stereocenters. The number of piperazine rings is 1. The Morgan fingerprint density at radius 3 is 2.57 bits per heavy atom. The van der Waals surface area contributed by atoms with Crippen LogP contribution in [0.2, 0.25) is 0 Å². The lowest BCUT2D eigenvalue weighted by Gasteiger charge is -2.39. The van der Waals surface area contributed by atoms with Gasteiger partial charge in [-0.15, -0.1) is 0 Å². The summed E-state index contributed by atoms with van der Waals surface area (Å²) < 4.78 is 7.87. The van der Waals surface area contributed by atoms with E-state index < -0.39 is 0 Å². The molecule has 9 nitrogen and oxygen atoms in total. The standard InChI is InChI=1S/C26H32N6O3/c1-29-25(34)18-22(20-6-8-27-9-7-20)28-26(29)32-15-17-35-24(19-32)21-4-2-3-5-23(21)31-12-10-30(11-13-31)14-16-33/h2-9,18,24,33H,10-17,19H2,1H3. The van der Waals surface area contributed by atoms with Crippen molar-refractivity contribution in [1.29, 1.82) is 0 Å². The van der Waals surface area contributed by atoms with Gasteiger partial charge in [-0.25, -0.2) is 4.98 Å². The molecule has 2 fully saturated rings. The number of pyridine rings is 1. The van der Waals surface area contributed by atoms with Crippen LogP contribution in [0.5, 0.6) is 0 Å². The highest BCUT2D eigenvalue weighted by Gasteiger charge is 2.28. The van der Waals surface area contributed by atoms with Crippen molar-refractivity contribution in [3.05, 3.63) is 70.8 Å². The number of ether oxygens (including phenoxy) is 1. The third-order valence-corrected chi connectivity index (χ3v) is 6.85. The third-order valence-electron chi connectivity index (χ3n) is 6.85. The minimum atomic E-state index is -0.128. The predicted molar refractivity (Wildman–Crippen MR) is 136 cm³/mol. The first-order valence-corrected chi connectivity index (χ1v) is 12.2. The maximum atomic E-state index is 12.8. The van der Waals surface area contributed by atoms with Gasteiger partial charge >= 0.3 is 0 Å². The van der Waals surface area contributed by atoms with Gasteiger partial charge in [0.25, 0.3) is 5.56 Å². The fourth-order valence-electron chi connectivity index (χ4n) is 4.90. The summed E-state index contributed by atoms with van der Waals surface area (Å²) in [5.74, 6) is 0.646. The smallest absolute Gasteiger partial charge is 0.255 e. The Morgan fingerprint density at radius 2 is 1.80 bits per heavy atom. The number of aromatic nitrogens is 3. The Bertz CT molecular complexity index is 1190. The summed E-state index contributed by atoms with van der Waals surface area (Å²) >= 11 is 0. The molecule has 1 aromatic carbocycles. The third kappa shape index (κ3) is 5.07. The van der Waals surface area contributed by atoms with E-state index in [1.807, 2.05) is 12.1 Å². The molecule has 2 aliphatic heterocycles. The average Bonchev–Trinajstić information content (AvgIpc) is 2.91. The zero-order valence-electron chi connectivity index (χ0n) is 20.1. The zero-order chi connectivity index (χ0) is 24.2. The van der Waals surface area contributed by atoms with Gasteiger partial charge in [0.05, 0.1) is 25.5 Å². The van der Waals surface area contributed by atoms with Gasteiger partial charge in [0.1, 0.15) is 6.10 Å². The maximum absolute atomic E-state index is 12.8. The molecular formula is C26H32N6O3. The minimum Gasteiger partial charge on any atom is -0.395 e. The Morgan fingerprint density at radius 1 is 1.03 bits per heavy atom. The second-order valence-electron chi connectivity index (χ2n) is 8.99. The van der Waals surface area contributed by atoms with Gasteiger partial charge in [-0.2, -0.15) is 0 Å². The zero-order valence-corrected chi connectivity index (χ0v) is 20.1. The number of benzene rings is 1. The van der Waals surface area contributed by atoms with Crippen molar-refractivity contribution in [1.82, 2.24) is 19.4 Å². The number of morpholine rings is 1. The first-order chi connectivity index (χ1) is 17.1. The molecule has 0 spiro atoms. The van der Waals surface area contributed by atoms with Gasteiger partial charge in [0.2, 0.25) is 5.95 Å². The van der Waals surface area contributed by atoms with Crippen molar-refractivity contribution in [2.45, 2.75) is 6.10 Å². The van der Waals surface area contributed by atoms with Crippen LogP contribution in [0.25, 0.3) is 11.3 Å². The molecule has 0 radical (unpaired) electrons. The van der Waals surface area contributed by atoms with Crippen LogP contribution in [0.1, 0.15) is 11.7 Å². The number of aliphatic hydroxyl groups is 1. The summed E-state index contributed by atoms with van der Waals surface area (Å²) in [7, 11) is 1.77. The van der Waals surface area contributed by atoms with Gasteiger partial charge in [0, 0.05) is 81.6 Å². The summed E-state index contributed by atoms with van der Waals surface area (Å²) in [5.41, 5.74) is 3.77. The lowest BCUT2D eigenvalue weighted by molar-refractivity contribution is 0.0391. The second kappa shape index (κ2) is 10.6. The van der Waals surface area contributed by atoms with Crippen LogP contribution in [-0.4, -0.2) is 83.6 Å². The number of aliphatic hydroxyl groups excluding tert-OH is 1. The van der Waals surface area contributed by atoms with Crippen molar-refractivity contribution in [2.24, 2.45) is 7.05 Å². The summed E-state index contributed by atoms with van der Waals surface area (Å²) in [4.78, 5) is 28.6. The Hall–Kier alpha value is -3.27. The molecule has 1 atom stereocenters. The van der Waals surface area contributed by atoms with E-state index in [-0.39, 0.29) is 18.3 Å². The molecule has 5 rings (SSSR count). The second-order valence-corrected chi connectivity index (χ2v) is 8.99. The highest BCUT2D eigenvalue weighted by molar-refractivity contribution is 5.60. The van der Waals surface area contributed by atoms with Gasteiger partial charge < -0.3 is 19.6 Å². The molecule has 35 heavy (non-hydrogen) atoms. The van der Waals surface area contributed by atoms with Crippen molar-refractivity contribution in [3.63, 3.8) is 0 Å². The van der Waals surface area contributed by atoms with E-state index >= 15 is 0 Å². The number of anilines is 2. The Kier molecular flexibility index (Phi) is 7.08. The number of para-hydroxylation sites is 1. The van der Waals surface area contributed by atoms with Crippen LogP contribution in [0, 0.1) is 0 Å². The van der Waals surface area contributed by atoms with E-state index in [2.05, 4.69) is 43.9 Å². The molecule has 0 saturated carbocycles. The van der Waals surface area contributed by atoms with E-state index in [1.165, 1.54) is 5.69 Å². The van der Waals surface area contributed by atoms with Crippen molar-refractivity contribution >= 4 is 11.6 Å². The molecular weight excluding hydrogens is 444 g/mol. The lowest BCUT2D eigenvalue weighted by Crippen LogP contribution is -2.48. The van der Waals surface area contributed by atoms with Gasteiger partial charge in [0.15, 0.2) is 0 Å². The monoisotopic (exact) mass is 476 g/mol. The van der Waals surface area contributed by atoms with Crippen LogP contribution in [-0.2, 0) is 11.8 Å². The van der Waals surface area contributed by atoms with E-state index in [9.17, 15) is 9.90 Å². The molecule has 3 aromatic rings. The quantitative estimate of drug-likeness (QED) is 0.573. The largest absolute Gasteiger partial charge is 0.395 e. The molecule has 1 N–H and O–H groups in total. The molecule has 2 aromatic heterocycles. The highest BCUT2D eigenvalue weighted by Crippen LogP contribution is 2.33. The first-order valence-electron chi connectivity index (χ1n) is 12.2. The van der Waals surface area contributed by atoms with Crippen molar-refractivity contribution in [2.75, 3.05) is 68.8 Å². The van der Waals surface area contributed by atoms with E-state index in [0.29, 0.717) is 31.3 Å². The van der Waals surface area contributed by atoms with Gasteiger partial charge in [-0.3, -0.25) is 19.2 Å². The first kappa shape index (κ1) is 23.5. The fourth-order valence-corrected chi connectivity index (χ4v) is 4.90. The number of nitrogens with zero attached hydrogens (tertiary/aromatic N) is 6. The van der Waals surface area contributed by atoms with Crippen LogP contribution in [0.3, 0.4) is 0 Å².